The maximum atomic E-state index is 10.8. The van der Waals surface area contributed by atoms with Crippen LogP contribution in [0.4, 0.5) is 0 Å². The Morgan fingerprint density at radius 1 is 1.17 bits per heavy atom. The van der Waals surface area contributed by atoms with E-state index < -0.39 is 5.97 Å². The number of carboxylic acid groups (broad SMARTS) is 1. The van der Waals surface area contributed by atoms with Gasteiger partial charge in [-0.2, -0.15) is 0 Å². The van der Waals surface area contributed by atoms with E-state index in [9.17, 15) is 4.79 Å². The summed E-state index contributed by atoms with van der Waals surface area (Å²) in [5.41, 5.74) is 1.82. The second kappa shape index (κ2) is 3.92. The van der Waals surface area contributed by atoms with Gasteiger partial charge in [0.25, 0.3) is 0 Å². The maximum absolute atomic E-state index is 10.8. The van der Waals surface area contributed by atoms with Crippen LogP contribution in [-0.2, 0) is 0 Å². The lowest BCUT2D eigenvalue weighted by Gasteiger charge is -2.00. The molecule has 0 aliphatic heterocycles. The quantitative estimate of drug-likeness (QED) is 0.734. The fourth-order valence-corrected chi connectivity index (χ4v) is 1.68. The minimum absolute atomic E-state index is 0.0191. The van der Waals surface area contributed by atoms with E-state index in [-0.39, 0.29) is 5.69 Å². The summed E-state index contributed by atoms with van der Waals surface area (Å²) < 4.78 is 1.60. The van der Waals surface area contributed by atoms with E-state index in [1.54, 1.807) is 29.2 Å². The van der Waals surface area contributed by atoms with Crippen molar-refractivity contribution in [3.63, 3.8) is 0 Å². The minimum Gasteiger partial charge on any atom is -0.476 e. The molecule has 0 unspecified atom stereocenters. The van der Waals surface area contributed by atoms with Crippen molar-refractivity contribution in [2.24, 2.45) is 0 Å². The lowest BCUT2D eigenvalue weighted by atomic mass is 10.1. The SMILES string of the molecule is O=C(O)c1cn2cc(-c3ccncc3)cnc2n1. The Morgan fingerprint density at radius 2 is 1.94 bits per heavy atom. The Morgan fingerprint density at radius 3 is 2.67 bits per heavy atom. The number of hydrogen-bond acceptors (Lipinski definition) is 4. The summed E-state index contributed by atoms with van der Waals surface area (Å²) in [4.78, 5) is 22.8. The highest BCUT2D eigenvalue weighted by molar-refractivity contribution is 5.85. The van der Waals surface area contributed by atoms with Gasteiger partial charge in [-0.3, -0.25) is 9.38 Å². The Bertz CT molecular complexity index is 721. The summed E-state index contributed by atoms with van der Waals surface area (Å²) in [6.07, 6.45) is 8.27. The summed E-state index contributed by atoms with van der Waals surface area (Å²) in [7, 11) is 0. The average Bonchev–Trinajstić information content (AvgIpc) is 2.82. The monoisotopic (exact) mass is 240 g/mol. The molecule has 0 fully saturated rings. The molecule has 3 aromatic rings. The molecule has 3 heterocycles. The molecule has 18 heavy (non-hydrogen) atoms. The topological polar surface area (TPSA) is 80.4 Å². The third-order valence-corrected chi connectivity index (χ3v) is 2.54. The third kappa shape index (κ3) is 1.69. The van der Waals surface area contributed by atoms with Crippen LogP contribution in [0.15, 0.2) is 43.1 Å². The molecule has 0 saturated carbocycles. The highest BCUT2D eigenvalue weighted by atomic mass is 16.4. The van der Waals surface area contributed by atoms with Crippen LogP contribution in [0.5, 0.6) is 0 Å². The van der Waals surface area contributed by atoms with Crippen LogP contribution in [0.2, 0.25) is 0 Å². The van der Waals surface area contributed by atoms with Crippen molar-refractivity contribution < 1.29 is 9.90 Å². The number of aromatic nitrogens is 4. The summed E-state index contributed by atoms with van der Waals surface area (Å²) in [5, 5.41) is 8.86. The van der Waals surface area contributed by atoms with Crippen LogP contribution in [0.1, 0.15) is 10.5 Å². The summed E-state index contributed by atoms with van der Waals surface area (Å²) >= 11 is 0. The van der Waals surface area contributed by atoms with Gasteiger partial charge in [-0.05, 0) is 17.7 Å². The second-order valence-corrected chi connectivity index (χ2v) is 3.72. The van der Waals surface area contributed by atoms with E-state index in [0.29, 0.717) is 5.78 Å². The zero-order valence-corrected chi connectivity index (χ0v) is 9.19. The van der Waals surface area contributed by atoms with Gasteiger partial charge >= 0.3 is 5.97 Å². The molecule has 0 radical (unpaired) electrons. The average molecular weight is 240 g/mol. The maximum Gasteiger partial charge on any atom is 0.356 e. The molecule has 88 valence electrons. The predicted molar refractivity (Wildman–Crippen MR) is 63.2 cm³/mol. The molecule has 0 saturated heterocycles. The Labute approximate surface area is 102 Å². The van der Waals surface area contributed by atoms with E-state index in [1.165, 1.54) is 6.20 Å². The number of rotatable bonds is 2. The van der Waals surface area contributed by atoms with Crippen molar-refractivity contribution in [1.29, 1.82) is 0 Å². The number of imidazole rings is 1. The van der Waals surface area contributed by atoms with Crippen LogP contribution in [0, 0.1) is 0 Å². The first-order chi connectivity index (χ1) is 8.74. The van der Waals surface area contributed by atoms with Crippen LogP contribution in [-0.4, -0.2) is 30.4 Å². The number of aromatic carboxylic acids is 1. The molecule has 0 aliphatic carbocycles. The van der Waals surface area contributed by atoms with Crippen molar-refractivity contribution in [3.8, 4) is 11.1 Å². The highest BCUT2D eigenvalue weighted by Crippen LogP contribution is 2.17. The summed E-state index contributed by atoms with van der Waals surface area (Å²) in [6, 6.07) is 3.72. The van der Waals surface area contributed by atoms with E-state index >= 15 is 0 Å². The van der Waals surface area contributed by atoms with Gasteiger partial charge in [-0.15, -0.1) is 0 Å². The molecule has 3 aromatic heterocycles. The van der Waals surface area contributed by atoms with E-state index in [0.717, 1.165) is 11.1 Å². The number of nitrogens with zero attached hydrogens (tertiary/aromatic N) is 4. The van der Waals surface area contributed by atoms with Crippen molar-refractivity contribution in [1.82, 2.24) is 19.4 Å². The van der Waals surface area contributed by atoms with Crippen LogP contribution in [0.3, 0.4) is 0 Å². The van der Waals surface area contributed by atoms with Gasteiger partial charge in [0.05, 0.1) is 0 Å². The Balaban J connectivity index is 2.14. The molecule has 1 N–H and O–H groups in total. The molecular formula is C12H8N4O2. The standard InChI is InChI=1S/C12H8N4O2/c17-11(18)10-7-16-6-9(5-14-12(16)15-10)8-1-3-13-4-2-8/h1-7H,(H,17,18). The largest absolute Gasteiger partial charge is 0.476 e. The predicted octanol–water partition coefficient (Wildman–Crippen LogP) is 1.49. The normalized spacial score (nSPS) is 10.7. The second-order valence-electron chi connectivity index (χ2n) is 3.72. The first-order valence-corrected chi connectivity index (χ1v) is 5.22. The third-order valence-electron chi connectivity index (χ3n) is 2.54. The molecule has 0 atom stereocenters. The van der Waals surface area contributed by atoms with Crippen molar-refractivity contribution in [3.05, 3.63) is 48.8 Å². The first-order valence-electron chi connectivity index (χ1n) is 5.22. The number of hydrogen-bond donors (Lipinski definition) is 1. The smallest absolute Gasteiger partial charge is 0.356 e. The minimum atomic E-state index is -1.06. The van der Waals surface area contributed by atoms with Crippen LogP contribution in [0.25, 0.3) is 16.9 Å². The van der Waals surface area contributed by atoms with Crippen molar-refractivity contribution >= 4 is 11.7 Å². The van der Waals surface area contributed by atoms with Crippen LogP contribution < -0.4 is 0 Å². The van der Waals surface area contributed by atoms with Gasteiger partial charge in [-0.25, -0.2) is 14.8 Å². The van der Waals surface area contributed by atoms with Gasteiger partial charge in [0.15, 0.2) is 5.69 Å². The molecule has 0 bridgehead atoms. The Kier molecular flexibility index (Phi) is 2.26. The zero-order chi connectivity index (χ0) is 12.5. The lowest BCUT2D eigenvalue weighted by molar-refractivity contribution is 0.0691. The van der Waals surface area contributed by atoms with Crippen molar-refractivity contribution in [2.45, 2.75) is 0 Å². The molecule has 6 nitrogen and oxygen atoms in total. The fourth-order valence-electron chi connectivity index (χ4n) is 1.68. The molecule has 6 heteroatoms. The highest BCUT2D eigenvalue weighted by Gasteiger charge is 2.09. The summed E-state index contributed by atoms with van der Waals surface area (Å²) in [5.74, 6) is -0.698. The Hall–Kier alpha value is -2.76. The first kappa shape index (κ1) is 10.4. The van der Waals surface area contributed by atoms with Gasteiger partial charge in [0, 0.05) is 36.5 Å². The molecule has 0 spiro atoms. The van der Waals surface area contributed by atoms with E-state index in [4.69, 9.17) is 5.11 Å². The molecule has 0 aromatic carbocycles. The lowest BCUT2D eigenvalue weighted by Crippen LogP contribution is -1.94. The van der Waals surface area contributed by atoms with E-state index in [2.05, 4.69) is 15.0 Å². The molecular weight excluding hydrogens is 232 g/mol. The molecule has 0 aliphatic rings. The fraction of sp³-hybridized carbons (Fsp3) is 0. The van der Waals surface area contributed by atoms with Gasteiger partial charge in [0.2, 0.25) is 5.78 Å². The molecule has 3 rings (SSSR count). The van der Waals surface area contributed by atoms with E-state index in [1.807, 2.05) is 12.1 Å². The zero-order valence-electron chi connectivity index (χ0n) is 9.19. The number of pyridine rings is 1. The van der Waals surface area contributed by atoms with Crippen molar-refractivity contribution in [2.75, 3.05) is 0 Å². The number of carboxylic acids is 1. The van der Waals surface area contributed by atoms with Gasteiger partial charge < -0.3 is 5.11 Å². The van der Waals surface area contributed by atoms with Crippen LogP contribution >= 0.6 is 0 Å². The summed E-state index contributed by atoms with van der Waals surface area (Å²) in [6.45, 7) is 0. The number of fused-ring (bicyclic) bond motifs is 1. The van der Waals surface area contributed by atoms with Gasteiger partial charge in [0.1, 0.15) is 0 Å². The number of carbonyl (C=O) groups is 1. The molecule has 0 amide bonds. The van der Waals surface area contributed by atoms with Gasteiger partial charge in [-0.1, -0.05) is 0 Å².